The number of halogens is 1. The highest BCUT2D eigenvalue weighted by atomic mass is 35.5. The van der Waals surface area contributed by atoms with E-state index < -0.39 is 0 Å². The molecule has 0 unspecified atom stereocenters. The Kier molecular flexibility index (Phi) is 8.32. The molecule has 11 nitrogen and oxygen atoms in total. The highest BCUT2D eigenvalue weighted by molar-refractivity contribution is 7.99. The Morgan fingerprint density at radius 3 is 2.79 bits per heavy atom. The fourth-order valence-electron chi connectivity index (χ4n) is 5.27. The molecule has 2 fully saturated rings. The molecule has 210 valence electrons. The first kappa shape index (κ1) is 28.1. The van der Waals surface area contributed by atoms with Gasteiger partial charge in [0, 0.05) is 55.5 Å². The van der Waals surface area contributed by atoms with Gasteiger partial charge in [-0.05, 0) is 32.8 Å². The largest absolute Gasteiger partial charge is 0.390 e. The lowest BCUT2D eigenvalue weighted by Gasteiger charge is -2.42. The van der Waals surface area contributed by atoms with Crippen molar-refractivity contribution in [2.45, 2.75) is 55.4 Å². The molecule has 1 amide bonds. The second-order valence-corrected chi connectivity index (χ2v) is 11.5. The number of piperidine rings is 1. The van der Waals surface area contributed by atoms with Gasteiger partial charge in [-0.25, -0.2) is 15.0 Å². The molecule has 0 aliphatic carbocycles. The number of nitrogens with two attached hydrogens (primary N) is 1. The van der Waals surface area contributed by atoms with Crippen LogP contribution in [-0.2, 0) is 16.1 Å². The Morgan fingerprint density at radius 2 is 2.13 bits per heavy atom. The van der Waals surface area contributed by atoms with Crippen molar-refractivity contribution in [1.82, 2.24) is 24.7 Å². The molecule has 39 heavy (non-hydrogen) atoms. The molecule has 0 saturated carbocycles. The summed E-state index contributed by atoms with van der Waals surface area (Å²) in [6.45, 7) is 6.76. The Hall–Kier alpha value is -2.48. The lowest BCUT2D eigenvalue weighted by Crippen LogP contribution is -2.51. The van der Waals surface area contributed by atoms with Gasteiger partial charge in [-0.1, -0.05) is 23.4 Å². The lowest BCUT2D eigenvalue weighted by atomic mass is 9.73. The highest BCUT2D eigenvalue weighted by Crippen LogP contribution is 2.42. The smallest absolute Gasteiger partial charge is 0.271 e. The zero-order chi connectivity index (χ0) is 27.7. The second-order valence-electron chi connectivity index (χ2n) is 10.1. The van der Waals surface area contributed by atoms with E-state index in [9.17, 15) is 9.90 Å². The monoisotopic (exact) mass is 575 g/mol. The molecule has 2 aliphatic rings. The maximum atomic E-state index is 12.4. The highest BCUT2D eigenvalue weighted by Gasteiger charge is 2.47. The molecule has 1 spiro atoms. The number of aliphatic hydroxyl groups excluding tert-OH is 1. The van der Waals surface area contributed by atoms with Crippen LogP contribution < -0.4 is 16.0 Å². The van der Waals surface area contributed by atoms with E-state index in [1.807, 2.05) is 19.9 Å². The number of aliphatic hydroxyl groups is 1. The van der Waals surface area contributed by atoms with Crippen LogP contribution in [-0.4, -0.2) is 82.5 Å². The van der Waals surface area contributed by atoms with Crippen molar-refractivity contribution in [3.8, 4) is 0 Å². The van der Waals surface area contributed by atoms with Gasteiger partial charge in [-0.3, -0.25) is 4.79 Å². The third kappa shape index (κ3) is 5.46. The van der Waals surface area contributed by atoms with Crippen LogP contribution in [0.2, 0.25) is 5.02 Å². The minimum absolute atomic E-state index is 0.000261. The number of aromatic nitrogens is 4. The number of nitrogens with one attached hydrogen (secondary N) is 1. The zero-order valence-corrected chi connectivity index (χ0v) is 23.9. The number of carbonyl (C=O) groups excluding carboxylic acids is 1. The molecule has 5 rings (SSSR count). The number of amides is 1. The number of anilines is 1. The van der Waals surface area contributed by atoms with E-state index in [2.05, 4.69) is 15.2 Å². The summed E-state index contributed by atoms with van der Waals surface area (Å²) in [5.41, 5.74) is 8.47. The molecule has 13 heteroatoms. The third-order valence-electron chi connectivity index (χ3n) is 7.70. The molecular formula is C26H34ClN7O4S. The maximum Gasteiger partial charge on any atom is 0.271 e. The van der Waals surface area contributed by atoms with E-state index in [1.54, 1.807) is 23.9 Å². The summed E-state index contributed by atoms with van der Waals surface area (Å²) in [4.78, 5) is 29.4. The summed E-state index contributed by atoms with van der Waals surface area (Å²) >= 11 is 8.07. The van der Waals surface area contributed by atoms with Crippen molar-refractivity contribution in [3.63, 3.8) is 0 Å². The normalized spacial score (nSPS) is 20.7. The Morgan fingerprint density at radius 1 is 1.36 bits per heavy atom. The molecule has 0 radical (unpaired) electrons. The minimum Gasteiger partial charge on any atom is -0.390 e. The van der Waals surface area contributed by atoms with Gasteiger partial charge < -0.3 is 34.9 Å². The number of hydrogen-bond acceptors (Lipinski definition) is 10. The van der Waals surface area contributed by atoms with Gasteiger partial charge in [-0.2, -0.15) is 0 Å². The number of hydrogen-bond donors (Lipinski definition) is 3. The van der Waals surface area contributed by atoms with E-state index in [1.165, 1.54) is 11.8 Å². The summed E-state index contributed by atoms with van der Waals surface area (Å²) < 4.78 is 12.5. The first-order chi connectivity index (χ1) is 18.8. The van der Waals surface area contributed by atoms with Crippen molar-refractivity contribution in [2.75, 3.05) is 44.9 Å². The molecule has 3 aromatic rings. The van der Waals surface area contributed by atoms with E-state index in [-0.39, 0.29) is 35.8 Å². The Bertz CT molecular complexity index is 1360. The third-order valence-corrected chi connectivity index (χ3v) is 9.32. The first-order valence-corrected chi connectivity index (χ1v) is 14.2. The second kappa shape index (κ2) is 11.6. The summed E-state index contributed by atoms with van der Waals surface area (Å²) in [6, 6.07) is 1.88. The van der Waals surface area contributed by atoms with Gasteiger partial charge in [0.25, 0.3) is 5.91 Å². The number of pyridine rings is 1. The number of carbonyl (C=O) groups is 1. The number of methoxy groups -OCH3 is 1. The van der Waals surface area contributed by atoms with Crippen LogP contribution in [0, 0.1) is 12.3 Å². The first-order valence-electron chi connectivity index (χ1n) is 13.0. The molecule has 3 aromatic heterocycles. The summed E-state index contributed by atoms with van der Waals surface area (Å²) in [7, 11) is 1.57. The number of fused-ring (bicyclic) bond motifs is 1. The van der Waals surface area contributed by atoms with E-state index >= 15 is 0 Å². The average molecular weight is 576 g/mol. The number of nitrogens with zero attached hydrogens (tertiary/aromatic N) is 5. The van der Waals surface area contributed by atoms with Crippen molar-refractivity contribution in [3.05, 3.63) is 40.6 Å². The molecule has 2 saturated heterocycles. The maximum absolute atomic E-state index is 12.4. The van der Waals surface area contributed by atoms with Gasteiger partial charge in [0.2, 0.25) is 0 Å². The molecular weight excluding hydrogens is 542 g/mol. The van der Waals surface area contributed by atoms with Crippen LogP contribution in [0.4, 0.5) is 5.82 Å². The number of imidazole rings is 1. The predicted octanol–water partition coefficient (Wildman–Crippen LogP) is 2.44. The standard InChI is InChI=1S/C26H34ClN7O4S/c1-15-25(39-19-4-8-34-12-17(31-23(34)20(19)27)24(36)29-7-11-37-3)32-18(13-35)22(30-15)33-9-5-26(6-10-33)14-38-16(2)21(26)28/h4,8,12,16,21,35H,5-7,9-11,13-14,28H2,1-3H3,(H,29,36)/t16-,21+/m0/s1. The van der Waals surface area contributed by atoms with Crippen molar-refractivity contribution >= 4 is 40.7 Å². The van der Waals surface area contributed by atoms with Gasteiger partial charge in [0.05, 0.1) is 36.6 Å². The molecule has 2 atom stereocenters. The van der Waals surface area contributed by atoms with E-state index in [0.717, 1.165) is 36.5 Å². The Balaban J connectivity index is 1.34. The van der Waals surface area contributed by atoms with Crippen LogP contribution in [0.3, 0.4) is 0 Å². The van der Waals surface area contributed by atoms with Crippen LogP contribution in [0.5, 0.6) is 0 Å². The molecule has 5 heterocycles. The molecule has 0 bridgehead atoms. The minimum atomic E-state index is -0.300. The Labute approximate surface area is 236 Å². The average Bonchev–Trinajstić information content (AvgIpc) is 3.50. The van der Waals surface area contributed by atoms with Crippen LogP contribution >= 0.6 is 23.4 Å². The quantitative estimate of drug-likeness (QED) is 0.343. The fourth-order valence-corrected chi connectivity index (χ4v) is 6.45. The van der Waals surface area contributed by atoms with Crippen molar-refractivity contribution < 1.29 is 19.4 Å². The predicted molar refractivity (Wildman–Crippen MR) is 148 cm³/mol. The number of aryl methyl sites for hydroxylation is 1. The van der Waals surface area contributed by atoms with Gasteiger partial charge in [-0.15, -0.1) is 0 Å². The summed E-state index contributed by atoms with van der Waals surface area (Å²) in [6.07, 6.45) is 5.32. The van der Waals surface area contributed by atoms with Gasteiger partial charge in [0.1, 0.15) is 16.4 Å². The SMILES string of the molecule is COCCNC(=O)c1cn2ccc(Sc3nc(CO)c(N4CCC5(CC4)CO[C@@H](C)[C@H]5N)nc3C)c(Cl)c2n1. The van der Waals surface area contributed by atoms with Crippen LogP contribution in [0.15, 0.2) is 28.4 Å². The van der Waals surface area contributed by atoms with Gasteiger partial charge >= 0.3 is 0 Å². The number of ether oxygens (including phenoxy) is 2. The topological polar surface area (TPSA) is 140 Å². The summed E-state index contributed by atoms with van der Waals surface area (Å²) in [5.74, 6) is 0.403. The zero-order valence-electron chi connectivity index (χ0n) is 22.3. The summed E-state index contributed by atoms with van der Waals surface area (Å²) in [5, 5.41) is 14.0. The molecule has 0 aromatic carbocycles. The van der Waals surface area contributed by atoms with Crippen molar-refractivity contribution in [1.29, 1.82) is 0 Å². The molecule has 4 N–H and O–H groups in total. The van der Waals surface area contributed by atoms with E-state index in [4.69, 9.17) is 36.8 Å². The van der Waals surface area contributed by atoms with Crippen molar-refractivity contribution in [2.24, 2.45) is 11.1 Å². The number of rotatable bonds is 8. The van der Waals surface area contributed by atoms with E-state index in [0.29, 0.717) is 47.0 Å². The lowest BCUT2D eigenvalue weighted by molar-refractivity contribution is 0.0932. The fraction of sp³-hybridized carbons (Fsp3) is 0.538. The van der Waals surface area contributed by atoms with Crippen LogP contribution in [0.1, 0.15) is 41.6 Å². The van der Waals surface area contributed by atoms with Crippen LogP contribution in [0.25, 0.3) is 5.65 Å². The van der Waals surface area contributed by atoms with Gasteiger partial charge in [0.15, 0.2) is 11.5 Å². The molecule has 2 aliphatic heterocycles.